The molecule has 0 saturated heterocycles. The Bertz CT molecular complexity index is 574. The Balaban J connectivity index is 2.30. The van der Waals surface area contributed by atoms with Gasteiger partial charge in [0.05, 0.1) is 11.8 Å². The number of aromatic nitrogens is 2. The summed E-state index contributed by atoms with van der Waals surface area (Å²) >= 11 is 0. The van der Waals surface area contributed by atoms with E-state index in [1.165, 1.54) is 0 Å². The lowest BCUT2D eigenvalue weighted by molar-refractivity contribution is 0.256. The number of furan rings is 1. The van der Waals surface area contributed by atoms with Crippen LogP contribution in [0.4, 0.5) is 5.82 Å². The first kappa shape index (κ1) is 14.3. The monoisotopic (exact) mass is 276 g/mol. The number of hydrazine groups is 1. The maximum atomic E-state index is 5.72. The van der Waals surface area contributed by atoms with E-state index < -0.39 is 0 Å². The highest BCUT2D eigenvalue weighted by Gasteiger charge is 2.21. The fourth-order valence-electron chi connectivity index (χ4n) is 1.65. The largest absolute Gasteiger partial charge is 0.469 e. The molecule has 0 saturated carbocycles. The van der Waals surface area contributed by atoms with Gasteiger partial charge in [-0.3, -0.25) is 0 Å². The van der Waals surface area contributed by atoms with Crippen molar-refractivity contribution in [2.75, 3.05) is 5.43 Å². The Hall–Kier alpha value is -2.08. The molecule has 2 aromatic heterocycles. The standard InChI is InChI=1S/C14H20N4O2/c1-9-11(18-15)16-13(14(2,3)4)17-12(9)20-8-10-6-5-7-19-10/h5-7H,8,15H2,1-4H3,(H,16,17,18). The van der Waals surface area contributed by atoms with Crippen LogP contribution in [0.5, 0.6) is 5.88 Å². The van der Waals surface area contributed by atoms with E-state index in [9.17, 15) is 0 Å². The molecule has 0 bridgehead atoms. The molecule has 0 amide bonds. The molecule has 20 heavy (non-hydrogen) atoms. The summed E-state index contributed by atoms with van der Waals surface area (Å²) < 4.78 is 11.0. The molecule has 0 aliphatic rings. The van der Waals surface area contributed by atoms with Gasteiger partial charge in [0.25, 0.3) is 0 Å². The fourth-order valence-corrected chi connectivity index (χ4v) is 1.65. The lowest BCUT2D eigenvalue weighted by Crippen LogP contribution is -2.20. The summed E-state index contributed by atoms with van der Waals surface area (Å²) in [5, 5.41) is 0. The lowest BCUT2D eigenvalue weighted by Gasteiger charge is -2.20. The quantitative estimate of drug-likeness (QED) is 0.659. The number of nitrogens with one attached hydrogen (secondary N) is 1. The van der Waals surface area contributed by atoms with Crippen molar-refractivity contribution in [1.82, 2.24) is 9.97 Å². The summed E-state index contributed by atoms with van der Waals surface area (Å²) in [7, 11) is 0. The normalized spacial score (nSPS) is 11.4. The minimum atomic E-state index is -0.192. The summed E-state index contributed by atoms with van der Waals surface area (Å²) in [6.45, 7) is 8.29. The van der Waals surface area contributed by atoms with Crippen molar-refractivity contribution >= 4 is 5.82 Å². The van der Waals surface area contributed by atoms with Gasteiger partial charge < -0.3 is 14.6 Å². The van der Waals surface area contributed by atoms with Gasteiger partial charge in [-0.2, -0.15) is 4.98 Å². The van der Waals surface area contributed by atoms with Gasteiger partial charge >= 0.3 is 0 Å². The number of hydrogen-bond donors (Lipinski definition) is 2. The molecule has 6 heteroatoms. The van der Waals surface area contributed by atoms with E-state index in [-0.39, 0.29) is 5.41 Å². The Labute approximate surface area is 118 Å². The summed E-state index contributed by atoms with van der Waals surface area (Å²) in [5.74, 6) is 8.00. The molecule has 0 radical (unpaired) electrons. The van der Waals surface area contributed by atoms with Crippen LogP contribution in [0.25, 0.3) is 0 Å². The smallest absolute Gasteiger partial charge is 0.222 e. The van der Waals surface area contributed by atoms with E-state index in [0.29, 0.717) is 24.1 Å². The first-order valence-electron chi connectivity index (χ1n) is 6.42. The highest BCUT2D eigenvalue weighted by atomic mass is 16.5. The Morgan fingerprint density at radius 3 is 2.65 bits per heavy atom. The molecular formula is C14H20N4O2. The van der Waals surface area contributed by atoms with Crippen molar-refractivity contribution in [3.8, 4) is 5.88 Å². The van der Waals surface area contributed by atoms with Crippen molar-refractivity contribution < 1.29 is 9.15 Å². The molecule has 2 heterocycles. The average Bonchev–Trinajstić information content (AvgIpc) is 2.89. The second-order valence-electron chi connectivity index (χ2n) is 5.59. The lowest BCUT2D eigenvalue weighted by atomic mass is 9.95. The summed E-state index contributed by atoms with van der Waals surface area (Å²) in [6.07, 6.45) is 1.61. The van der Waals surface area contributed by atoms with Crippen LogP contribution < -0.4 is 16.0 Å². The molecule has 6 nitrogen and oxygen atoms in total. The first-order chi connectivity index (χ1) is 9.41. The second-order valence-corrected chi connectivity index (χ2v) is 5.59. The van der Waals surface area contributed by atoms with E-state index in [4.69, 9.17) is 15.0 Å². The number of hydrogen-bond acceptors (Lipinski definition) is 6. The van der Waals surface area contributed by atoms with Gasteiger partial charge in [0, 0.05) is 5.41 Å². The summed E-state index contributed by atoms with van der Waals surface area (Å²) in [6, 6.07) is 3.67. The molecule has 0 spiro atoms. The second kappa shape index (κ2) is 5.50. The highest BCUT2D eigenvalue weighted by molar-refractivity contribution is 5.48. The molecule has 0 fully saturated rings. The zero-order valence-electron chi connectivity index (χ0n) is 12.2. The Morgan fingerprint density at radius 2 is 2.10 bits per heavy atom. The van der Waals surface area contributed by atoms with Crippen molar-refractivity contribution in [1.29, 1.82) is 0 Å². The van der Waals surface area contributed by atoms with Gasteiger partial charge in [-0.25, -0.2) is 10.8 Å². The van der Waals surface area contributed by atoms with Gasteiger partial charge in [0.2, 0.25) is 5.88 Å². The number of rotatable bonds is 4. The van der Waals surface area contributed by atoms with E-state index in [2.05, 4.69) is 15.4 Å². The van der Waals surface area contributed by atoms with E-state index in [1.807, 2.05) is 39.8 Å². The average molecular weight is 276 g/mol. The van der Waals surface area contributed by atoms with E-state index in [1.54, 1.807) is 6.26 Å². The molecule has 2 aromatic rings. The Kier molecular flexibility index (Phi) is 3.94. The molecule has 0 aliphatic heterocycles. The predicted molar refractivity (Wildman–Crippen MR) is 76.3 cm³/mol. The maximum Gasteiger partial charge on any atom is 0.222 e. The van der Waals surface area contributed by atoms with Gasteiger partial charge in [-0.1, -0.05) is 20.8 Å². The van der Waals surface area contributed by atoms with Crippen LogP contribution in [-0.2, 0) is 12.0 Å². The third-order valence-electron chi connectivity index (χ3n) is 2.84. The fraction of sp³-hybridized carbons (Fsp3) is 0.429. The third kappa shape index (κ3) is 3.08. The molecule has 108 valence electrons. The summed E-state index contributed by atoms with van der Waals surface area (Å²) in [4.78, 5) is 8.90. The zero-order chi connectivity index (χ0) is 14.8. The maximum absolute atomic E-state index is 5.72. The van der Waals surface area contributed by atoms with Crippen LogP contribution in [0, 0.1) is 6.92 Å². The minimum Gasteiger partial charge on any atom is -0.469 e. The molecule has 0 atom stereocenters. The van der Waals surface area contributed by atoms with Gasteiger partial charge in [-0.05, 0) is 19.1 Å². The van der Waals surface area contributed by atoms with Crippen LogP contribution in [0.1, 0.15) is 37.9 Å². The van der Waals surface area contributed by atoms with Crippen LogP contribution in [0.15, 0.2) is 22.8 Å². The van der Waals surface area contributed by atoms with Gasteiger partial charge in [0.15, 0.2) is 5.82 Å². The zero-order valence-corrected chi connectivity index (χ0v) is 12.2. The van der Waals surface area contributed by atoms with E-state index in [0.717, 1.165) is 11.3 Å². The van der Waals surface area contributed by atoms with Gasteiger partial charge in [0.1, 0.15) is 18.2 Å². The van der Waals surface area contributed by atoms with E-state index >= 15 is 0 Å². The Morgan fingerprint density at radius 1 is 1.35 bits per heavy atom. The molecule has 0 aliphatic carbocycles. The SMILES string of the molecule is Cc1c(NN)nc(C(C)(C)C)nc1OCc1ccco1. The van der Waals surface area contributed by atoms with Crippen LogP contribution in [0.2, 0.25) is 0 Å². The minimum absolute atomic E-state index is 0.192. The van der Waals surface area contributed by atoms with Crippen LogP contribution in [0.3, 0.4) is 0 Å². The van der Waals surface area contributed by atoms with Crippen LogP contribution in [-0.4, -0.2) is 9.97 Å². The number of ether oxygens (including phenoxy) is 1. The highest BCUT2D eigenvalue weighted by Crippen LogP contribution is 2.27. The molecule has 0 aromatic carbocycles. The number of anilines is 1. The van der Waals surface area contributed by atoms with Crippen molar-refractivity contribution in [3.05, 3.63) is 35.5 Å². The molecule has 0 unspecified atom stereocenters. The van der Waals surface area contributed by atoms with Crippen molar-refractivity contribution in [3.63, 3.8) is 0 Å². The number of nitrogens with zero attached hydrogens (tertiary/aromatic N) is 2. The van der Waals surface area contributed by atoms with Crippen molar-refractivity contribution in [2.45, 2.75) is 39.7 Å². The van der Waals surface area contributed by atoms with Crippen LogP contribution >= 0.6 is 0 Å². The van der Waals surface area contributed by atoms with Crippen molar-refractivity contribution in [2.24, 2.45) is 5.84 Å². The first-order valence-corrected chi connectivity index (χ1v) is 6.42. The molecular weight excluding hydrogens is 256 g/mol. The number of nitrogen functional groups attached to an aromatic ring is 1. The van der Waals surface area contributed by atoms with Gasteiger partial charge in [-0.15, -0.1) is 0 Å². The third-order valence-corrected chi connectivity index (χ3v) is 2.84. The molecule has 2 rings (SSSR count). The number of nitrogens with two attached hydrogens (primary N) is 1. The predicted octanol–water partition coefficient (Wildman–Crippen LogP) is 2.54. The summed E-state index contributed by atoms with van der Waals surface area (Å²) in [5.41, 5.74) is 3.16. The topological polar surface area (TPSA) is 86.2 Å². The molecule has 3 N–H and O–H groups in total.